The molecule has 2 saturated heterocycles. The first-order valence-electron chi connectivity index (χ1n) is 11.9. The molecule has 2 aliphatic rings. The van der Waals surface area contributed by atoms with Crippen molar-refractivity contribution in [1.82, 2.24) is 20.0 Å². The molecule has 0 spiro atoms. The Morgan fingerprint density at radius 3 is 2.72 bits per heavy atom. The lowest BCUT2D eigenvalue weighted by atomic mass is 10.1. The highest BCUT2D eigenvalue weighted by Gasteiger charge is 2.15. The Bertz CT molecular complexity index is 844. The number of nitrogens with one attached hydrogen (secondary N) is 2. The minimum Gasteiger partial charge on any atom is -0.493 e. The van der Waals surface area contributed by atoms with Crippen molar-refractivity contribution in [1.29, 1.82) is 0 Å². The number of aromatic nitrogens is 2. The molecule has 2 aromatic rings. The molecule has 0 amide bonds. The lowest BCUT2D eigenvalue weighted by molar-refractivity contribution is 0.0774. The number of rotatable bonds is 11. The Balaban J connectivity index is 1.31. The van der Waals surface area contributed by atoms with Crippen molar-refractivity contribution in [3.8, 4) is 11.5 Å². The summed E-state index contributed by atoms with van der Waals surface area (Å²) in [4.78, 5) is 2.51. The Morgan fingerprint density at radius 1 is 1.12 bits per heavy atom. The van der Waals surface area contributed by atoms with E-state index >= 15 is 0 Å². The van der Waals surface area contributed by atoms with Crippen LogP contribution in [-0.4, -0.2) is 67.3 Å². The zero-order chi connectivity index (χ0) is 22.2. The minimum atomic E-state index is 0.516. The van der Waals surface area contributed by atoms with Crippen LogP contribution >= 0.6 is 0 Å². The van der Waals surface area contributed by atoms with Gasteiger partial charge in [-0.25, -0.2) is 0 Å². The SMILES string of the molecule is COc1ccc(Nc2cc(CNC3CCOCC3)n(C)n2)cc1OCCCN1CCCC1. The predicted octanol–water partition coefficient (Wildman–Crippen LogP) is 3.31. The monoisotopic (exact) mass is 443 g/mol. The number of hydrogen-bond acceptors (Lipinski definition) is 7. The molecule has 0 unspecified atom stereocenters. The van der Waals surface area contributed by atoms with E-state index in [1.54, 1.807) is 7.11 Å². The van der Waals surface area contributed by atoms with Crippen LogP contribution in [0.25, 0.3) is 0 Å². The Hall–Kier alpha value is -2.29. The smallest absolute Gasteiger partial charge is 0.163 e. The number of anilines is 2. The highest BCUT2D eigenvalue weighted by molar-refractivity contribution is 5.61. The molecule has 2 aliphatic heterocycles. The van der Waals surface area contributed by atoms with E-state index in [0.717, 1.165) is 74.3 Å². The average Bonchev–Trinajstić information content (AvgIpc) is 3.45. The summed E-state index contributed by atoms with van der Waals surface area (Å²) in [5.74, 6) is 2.33. The van der Waals surface area contributed by atoms with Gasteiger partial charge in [0.05, 0.1) is 19.4 Å². The maximum absolute atomic E-state index is 6.06. The highest BCUT2D eigenvalue weighted by atomic mass is 16.5. The topological polar surface area (TPSA) is 72.8 Å². The first kappa shape index (κ1) is 22.9. The minimum absolute atomic E-state index is 0.516. The molecule has 1 aromatic heterocycles. The fraction of sp³-hybridized carbons (Fsp3) is 0.625. The lowest BCUT2D eigenvalue weighted by Crippen LogP contribution is -2.34. The second-order valence-corrected chi connectivity index (χ2v) is 8.65. The van der Waals surface area contributed by atoms with Gasteiger partial charge in [0.1, 0.15) is 0 Å². The van der Waals surface area contributed by atoms with E-state index in [1.807, 2.05) is 29.9 Å². The molecule has 0 radical (unpaired) electrons. The second kappa shape index (κ2) is 11.5. The number of hydrogen-bond donors (Lipinski definition) is 2. The van der Waals surface area contributed by atoms with Crippen molar-refractivity contribution in [2.24, 2.45) is 7.05 Å². The van der Waals surface area contributed by atoms with E-state index in [1.165, 1.54) is 25.9 Å². The first-order chi connectivity index (χ1) is 15.7. The molecule has 8 nitrogen and oxygen atoms in total. The maximum atomic E-state index is 6.06. The molecule has 0 aliphatic carbocycles. The van der Waals surface area contributed by atoms with Crippen LogP contribution in [0.2, 0.25) is 0 Å². The van der Waals surface area contributed by atoms with Crippen LogP contribution in [-0.2, 0) is 18.3 Å². The zero-order valence-electron chi connectivity index (χ0n) is 19.4. The van der Waals surface area contributed by atoms with Crippen molar-refractivity contribution < 1.29 is 14.2 Å². The summed E-state index contributed by atoms with van der Waals surface area (Å²) in [6, 6.07) is 8.53. The molecule has 0 atom stereocenters. The van der Waals surface area contributed by atoms with Crippen LogP contribution in [0.1, 0.15) is 37.8 Å². The summed E-state index contributed by atoms with van der Waals surface area (Å²) in [5, 5.41) is 11.7. The molecular formula is C24H37N5O3. The molecule has 3 heterocycles. The summed E-state index contributed by atoms with van der Waals surface area (Å²) in [6.07, 6.45) is 5.79. The molecule has 0 bridgehead atoms. The molecule has 0 saturated carbocycles. The second-order valence-electron chi connectivity index (χ2n) is 8.65. The van der Waals surface area contributed by atoms with Crippen LogP contribution in [0.3, 0.4) is 0 Å². The molecular weight excluding hydrogens is 406 g/mol. The largest absolute Gasteiger partial charge is 0.493 e. The summed E-state index contributed by atoms with van der Waals surface area (Å²) >= 11 is 0. The van der Waals surface area contributed by atoms with Gasteiger partial charge in [0.15, 0.2) is 17.3 Å². The molecule has 4 rings (SSSR count). The van der Waals surface area contributed by atoms with E-state index < -0.39 is 0 Å². The molecule has 2 fully saturated rings. The van der Waals surface area contributed by atoms with Crippen molar-refractivity contribution in [2.45, 2.75) is 44.7 Å². The van der Waals surface area contributed by atoms with Crippen LogP contribution in [0.5, 0.6) is 11.5 Å². The van der Waals surface area contributed by atoms with Gasteiger partial charge in [-0.15, -0.1) is 0 Å². The Kier molecular flexibility index (Phi) is 8.25. The van der Waals surface area contributed by atoms with Gasteiger partial charge in [-0.1, -0.05) is 0 Å². The normalized spacial score (nSPS) is 17.6. The Morgan fingerprint density at radius 2 is 1.94 bits per heavy atom. The van der Waals surface area contributed by atoms with Gasteiger partial charge in [-0.2, -0.15) is 5.10 Å². The van der Waals surface area contributed by atoms with Gasteiger partial charge >= 0.3 is 0 Å². The van der Waals surface area contributed by atoms with E-state index in [2.05, 4.69) is 26.7 Å². The number of nitrogens with zero attached hydrogens (tertiary/aromatic N) is 3. The van der Waals surface area contributed by atoms with Crippen molar-refractivity contribution in [3.05, 3.63) is 30.0 Å². The molecule has 2 N–H and O–H groups in total. The van der Waals surface area contributed by atoms with Crippen molar-refractivity contribution >= 4 is 11.5 Å². The van der Waals surface area contributed by atoms with Gasteiger partial charge in [-0.3, -0.25) is 4.68 Å². The van der Waals surface area contributed by atoms with Gasteiger partial charge in [-0.05, 0) is 57.3 Å². The van der Waals surface area contributed by atoms with Crippen molar-refractivity contribution in [2.75, 3.05) is 51.9 Å². The fourth-order valence-corrected chi connectivity index (χ4v) is 4.37. The van der Waals surface area contributed by atoms with Gasteiger partial charge in [0, 0.05) is 57.2 Å². The van der Waals surface area contributed by atoms with E-state index in [-0.39, 0.29) is 0 Å². The number of methoxy groups -OCH3 is 1. The number of ether oxygens (including phenoxy) is 3. The third-order valence-corrected chi connectivity index (χ3v) is 6.28. The van der Waals surface area contributed by atoms with Gasteiger partial charge < -0.3 is 29.7 Å². The zero-order valence-corrected chi connectivity index (χ0v) is 19.4. The van der Waals surface area contributed by atoms with Crippen LogP contribution in [0.4, 0.5) is 11.5 Å². The summed E-state index contributed by atoms with van der Waals surface area (Å²) < 4.78 is 18.9. The van der Waals surface area contributed by atoms with Crippen LogP contribution < -0.4 is 20.1 Å². The van der Waals surface area contributed by atoms with E-state index in [0.29, 0.717) is 12.6 Å². The van der Waals surface area contributed by atoms with Crippen LogP contribution in [0.15, 0.2) is 24.3 Å². The molecule has 1 aromatic carbocycles. The van der Waals surface area contributed by atoms with Crippen molar-refractivity contribution in [3.63, 3.8) is 0 Å². The standard InChI is InChI=1S/C24H37N5O3/c1-28-21(18-25-19-8-14-31-15-9-19)17-24(27-28)26-20-6-7-22(30-2)23(16-20)32-13-5-12-29-10-3-4-11-29/h6-7,16-17,19,25H,3-5,8-15,18H2,1-2H3,(H,26,27). The highest BCUT2D eigenvalue weighted by Crippen LogP contribution is 2.31. The lowest BCUT2D eigenvalue weighted by Gasteiger charge is -2.23. The quantitative estimate of drug-likeness (QED) is 0.516. The van der Waals surface area contributed by atoms with Crippen LogP contribution in [0, 0.1) is 0 Å². The first-order valence-corrected chi connectivity index (χ1v) is 11.9. The number of likely N-dealkylation sites (tertiary alicyclic amines) is 1. The average molecular weight is 444 g/mol. The summed E-state index contributed by atoms with van der Waals surface area (Å²) in [5.41, 5.74) is 2.08. The predicted molar refractivity (Wildman–Crippen MR) is 126 cm³/mol. The third-order valence-electron chi connectivity index (χ3n) is 6.28. The molecule has 8 heteroatoms. The Labute approximate surface area is 191 Å². The molecule has 176 valence electrons. The van der Waals surface area contributed by atoms with Gasteiger partial charge in [0.2, 0.25) is 0 Å². The summed E-state index contributed by atoms with van der Waals surface area (Å²) in [7, 11) is 3.66. The van der Waals surface area contributed by atoms with E-state index in [9.17, 15) is 0 Å². The number of benzene rings is 1. The maximum Gasteiger partial charge on any atom is 0.163 e. The summed E-state index contributed by atoms with van der Waals surface area (Å²) in [6.45, 7) is 6.70. The van der Waals surface area contributed by atoms with Gasteiger partial charge in [0.25, 0.3) is 0 Å². The molecule has 32 heavy (non-hydrogen) atoms. The fourth-order valence-electron chi connectivity index (χ4n) is 4.37. The van der Waals surface area contributed by atoms with E-state index in [4.69, 9.17) is 14.2 Å². The number of aryl methyl sites for hydroxylation is 1. The third kappa shape index (κ3) is 6.37.